The van der Waals surface area contributed by atoms with Crippen LogP contribution in [0.4, 0.5) is 0 Å². The molecule has 2 rings (SSSR count). The highest BCUT2D eigenvalue weighted by molar-refractivity contribution is 5.76. The Bertz CT molecular complexity index is 414. The van der Waals surface area contributed by atoms with Crippen LogP contribution in [-0.2, 0) is 4.79 Å². The van der Waals surface area contributed by atoms with Gasteiger partial charge in [0.05, 0.1) is 13.0 Å². The van der Waals surface area contributed by atoms with E-state index in [2.05, 4.69) is 17.1 Å². The van der Waals surface area contributed by atoms with E-state index in [9.17, 15) is 4.79 Å². The third-order valence-electron chi connectivity index (χ3n) is 3.83. The molecule has 1 aliphatic heterocycles. The van der Waals surface area contributed by atoms with Crippen molar-refractivity contribution in [2.24, 2.45) is 0 Å². The van der Waals surface area contributed by atoms with Gasteiger partial charge in [-0.3, -0.25) is 4.79 Å². The summed E-state index contributed by atoms with van der Waals surface area (Å²) >= 11 is 0. The average molecular weight is 290 g/mol. The molecule has 1 N–H and O–H groups in total. The molecule has 1 amide bonds. The minimum absolute atomic E-state index is 0.0971. The lowest BCUT2D eigenvalue weighted by molar-refractivity contribution is -0.122. The molecule has 0 unspecified atom stereocenters. The van der Waals surface area contributed by atoms with Crippen LogP contribution in [0.25, 0.3) is 0 Å². The Kier molecular flexibility index (Phi) is 6.54. The van der Waals surface area contributed by atoms with Gasteiger partial charge in [-0.2, -0.15) is 0 Å². The van der Waals surface area contributed by atoms with E-state index in [0.717, 1.165) is 31.7 Å². The van der Waals surface area contributed by atoms with E-state index in [1.165, 1.54) is 13.0 Å². The maximum Gasteiger partial charge on any atom is 0.223 e. The Balaban J connectivity index is 1.60. The van der Waals surface area contributed by atoms with Crippen LogP contribution >= 0.6 is 0 Å². The van der Waals surface area contributed by atoms with Gasteiger partial charge >= 0.3 is 0 Å². The molecule has 0 bridgehead atoms. The van der Waals surface area contributed by atoms with E-state index >= 15 is 0 Å². The van der Waals surface area contributed by atoms with Crippen molar-refractivity contribution in [3.63, 3.8) is 0 Å². The van der Waals surface area contributed by atoms with Crippen LogP contribution < -0.4 is 10.1 Å². The maximum atomic E-state index is 11.9. The second-order valence-electron chi connectivity index (χ2n) is 5.59. The summed E-state index contributed by atoms with van der Waals surface area (Å²) < 4.78 is 5.55. The minimum atomic E-state index is 0.0971. The Morgan fingerprint density at radius 1 is 1.29 bits per heavy atom. The highest BCUT2D eigenvalue weighted by Gasteiger charge is 2.19. The summed E-state index contributed by atoms with van der Waals surface area (Å²) in [5.74, 6) is 0.915. The van der Waals surface area contributed by atoms with Crippen LogP contribution in [-0.4, -0.2) is 43.1 Å². The van der Waals surface area contributed by atoms with Gasteiger partial charge in [-0.1, -0.05) is 25.1 Å². The van der Waals surface area contributed by atoms with Gasteiger partial charge in [-0.15, -0.1) is 0 Å². The molecule has 0 aliphatic carbocycles. The molecule has 0 saturated carbocycles. The van der Waals surface area contributed by atoms with Crippen molar-refractivity contribution in [2.75, 3.05) is 26.2 Å². The molecule has 4 heteroatoms. The fourth-order valence-corrected chi connectivity index (χ4v) is 2.70. The summed E-state index contributed by atoms with van der Waals surface area (Å²) in [7, 11) is 0. The number of para-hydroxylation sites is 1. The molecule has 1 aliphatic rings. The second kappa shape index (κ2) is 8.67. The molecular weight excluding hydrogens is 264 g/mol. The van der Waals surface area contributed by atoms with Crippen LogP contribution in [0.2, 0.25) is 0 Å². The van der Waals surface area contributed by atoms with E-state index in [1.54, 1.807) is 0 Å². The predicted molar refractivity (Wildman–Crippen MR) is 84.4 cm³/mol. The highest BCUT2D eigenvalue weighted by Crippen LogP contribution is 2.11. The summed E-state index contributed by atoms with van der Waals surface area (Å²) in [6, 6.07) is 9.95. The zero-order valence-electron chi connectivity index (χ0n) is 12.9. The van der Waals surface area contributed by atoms with Crippen molar-refractivity contribution < 1.29 is 9.53 Å². The lowest BCUT2D eigenvalue weighted by Gasteiger charge is -2.32. The molecule has 21 heavy (non-hydrogen) atoms. The third kappa shape index (κ3) is 5.76. The summed E-state index contributed by atoms with van der Waals surface area (Å²) in [5, 5.41) is 3.12. The van der Waals surface area contributed by atoms with E-state index in [4.69, 9.17) is 4.74 Å². The van der Waals surface area contributed by atoms with Crippen LogP contribution in [0.5, 0.6) is 5.75 Å². The molecule has 1 heterocycles. The zero-order valence-corrected chi connectivity index (χ0v) is 12.9. The number of likely N-dealkylation sites (tertiary alicyclic amines) is 1. The summed E-state index contributed by atoms with van der Waals surface area (Å²) in [5.41, 5.74) is 0. The number of rotatable bonds is 7. The summed E-state index contributed by atoms with van der Waals surface area (Å²) in [6.45, 7) is 6.01. The van der Waals surface area contributed by atoms with Gasteiger partial charge in [-0.25, -0.2) is 0 Å². The number of piperidine rings is 1. The summed E-state index contributed by atoms with van der Waals surface area (Å²) in [4.78, 5) is 14.4. The molecule has 0 spiro atoms. The van der Waals surface area contributed by atoms with Crippen molar-refractivity contribution in [2.45, 2.75) is 38.6 Å². The first-order chi connectivity index (χ1) is 10.3. The van der Waals surface area contributed by atoms with Gasteiger partial charge in [0.1, 0.15) is 5.75 Å². The molecule has 4 nitrogen and oxygen atoms in total. The Hall–Kier alpha value is -1.55. The zero-order chi connectivity index (χ0) is 14.9. The van der Waals surface area contributed by atoms with Gasteiger partial charge in [-0.05, 0) is 37.9 Å². The van der Waals surface area contributed by atoms with E-state index in [1.807, 2.05) is 30.3 Å². The first-order valence-corrected chi connectivity index (χ1v) is 7.97. The minimum Gasteiger partial charge on any atom is -0.493 e. The number of ether oxygens (including phenoxy) is 1. The highest BCUT2D eigenvalue weighted by atomic mass is 16.5. The summed E-state index contributed by atoms with van der Waals surface area (Å²) in [6.07, 6.45) is 3.74. The number of hydrogen-bond acceptors (Lipinski definition) is 3. The standard InChI is InChI=1S/C17H26N2O2/c1-2-11-19-12-8-15(9-13-19)18-17(20)10-14-21-16-6-4-3-5-7-16/h3-7,15H,2,8-14H2,1H3,(H,18,20). The number of carbonyl (C=O) groups excluding carboxylic acids is 1. The smallest absolute Gasteiger partial charge is 0.223 e. The molecular formula is C17H26N2O2. The lowest BCUT2D eigenvalue weighted by atomic mass is 10.0. The number of benzene rings is 1. The van der Waals surface area contributed by atoms with Crippen LogP contribution in [0.3, 0.4) is 0 Å². The fourth-order valence-electron chi connectivity index (χ4n) is 2.70. The molecule has 1 aromatic rings. The number of nitrogens with zero attached hydrogens (tertiary/aromatic N) is 1. The quantitative estimate of drug-likeness (QED) is 0.838. The molecule has 1 fully saturated rings. The van der Waals surface area contributed by atoms with Crippen molar-refractivity contribution in [1.29, 1.82) is 0 Å². The van der Waals surface area contributed by atoms with Gasteiger partial charge in [0, 0.05) is 19.1 Å². The van der Waals surface area contributed by atoms with Crippen molar-refractivity contribution >= 4 is 5.91 Å². The molecule has 116 valence electrons. The topological polar surface area (TPSA) is 41.6 Å². The monoisotopic (exact) mass is 290 g/mol. The van der Waals surface area contributed by atoms with Crippen molar-refractivity contribution in [3.8, 4) is 5.75 Å². The van der Waals surface area contributed by atoms with Crippen LogP contribution in [0, 0.1) is 0 Å². The molecule has 0 radical (unpaired) electrons. The third-order valence-corrected chi connectivity index (χ3v) is 3.83. The maximum absolute atomic E-state index is 11.9. The van der Waals surface area contributed by atoms with E-state index in [0.29, 0.717) is 19.1 Å². The molecule has 0 aromatic heterocycles. The van der Waals surface area contributed by atoms with Gasteiger partial charge in [0.15, 0.2) is 0 Å². The molecule has 0 atom stereocenters. The number of carbonyl (C=O) groups is 1. The largest absolute Gasteiger partial charge is 0.493 e. The SMILES string of the molecule is CCCN1CCC(NC(=O)CCOc2ccccc2)CC1. The van der Waals surface area contributed by atoms with E-state index < -0.39 is 0 Å². The predicted octanol–water partition coefficient (Wildman–Crippen LogP) is 2.45. The molecule has 1 aromatic carbocycles. The lowest BCUT2D eigenvalue weighted by Crippen LogP contribution is -2.45. The van der Waals surface area contributed by atoms with Crippen molar-refractivity contribution in [1.82, 2.24) is 10.2 Å². The Labute approximate surface area is 127 Å². The van der Waals surface area contributed by atoms with E-state index in [-0.39, 0.29) is 5.91 Å². The Morgan fingerprint density at radius 2 is 2.00 bits per heavy atom. The first kappa shape index (κ1) is 15.8. The Morgan fingerprint density at radius 3 is 2.67 bits per heavy atom. The number of amides is 1. The second-order valence-corrected chi connectivity index (χ2v) is 5.59. The number of hydrogen-bond donors (Lipinski definition) is 1. The number of nitrogens with one attached hydrogen (secondary N) is 1. The fraction of sp³-hybridized carbons (Fsp3) is 0.588. The van der Waals surface area contributed by atoms with Crippen molar-refractivity contribution in [3.05, 3.63) is 30.3 Å². The van der Waals surface area contributed by atoms with Gasteiger partial charge < -0.3 is 15.0 Å². The van der Waals surface area contributed by atoms with Gasteiger partial charge in [0.2, 0.25) is 5.91 Å². The van der Waals surface area contributed by atoms with Gasteiger partial charge in [0.25, 0.3) is 0 Å². The van der Waals surface area contributed by atoms with Crippen LogP contribution in [0.15, 0.2) is 30.3 Å². The normalized spacial score (nSPS) is 16.6. The molecule has 1 saturated heterocycles. The average Bonchev–Trinajstić information content (AvgIpc) is 2.51. The first-order valence-electron chi connectivity index (χ1n) is 7.97. The van der Waals surface area contributed by atoms with Crippen LogP contribution in [0.1, 0.15) is 32.6 Å².